The van der Waals surface area contributed by atoms with Crippen molar-refractivity contribution in [3.63, 3.8) is 0 Å². The molecule has 80 valence electrons. The van der Waals surface area contributed by atoms with E-state index in [-0.39, 0.29) is 6.61 Å². The van der Waals surface area contributed by atoms with Crippen LogP contribution in [0.3, 0.4) is 0 Å². The van der Waals surface area contributed by atoms with Gasteiger partial charge in [-0.3, -0.25) is 0 Å². The third kappa shape index (κ3) is 1.65. The quantitative estimate of drug-likeness (QED) is 0.814. The van der Waals surface area contributed by atoms with Crippen molar-refractivity contribution >= 4 is 10.9 Å². The van der Waals surface area contributed by atoms with Crippen molar-refractivity contribution in [3.8, 4) is 0 Å². The number of aromatic nitrogens is 1. The van der Waals surface area contributed by atoms with E-state index in [1.807, 2.05) is 12.1 Å². The highest BCUT2D eigenvalue weighted by molar-refractivity contribution is 5.83. The van der Waals surface area contributed by atoms with Gasteiger partial charge in [-0.05, 0) is 19.4 Å². The number of benzene rings is 1. The summed E-state index contributed by atoms with van der Waals surface area (Å²) in [5.41, 5.74) is 2.24. The molecule has 1 atom stereocenters. The third-order valence-corrected chi connectivity index (χ3v) is 3.06. The van der Waals surface area contributed by atoms with Gasteiger partial charge in [-0.15, -0.1) is 0 Å². The molecular weight excluding hydrogens is 186 g/mol. The zero-order valence-corrected chi connectivity index (χ0v) is 9.27. The second-order valence-electron chi connectivity index (χ2n) is 3.99. The Labute approximate surface area is 90.2 Å². The normalized spacial score (nSPS) is 13.3. The van der Waals surface area contributed by atoms with Crippen LogP contribution in [-0.4, -0.2) is 9.67 Å². The Kier molecular flexibility index (Phi) is 2.78. The first-order valence-corrected chi connectivity index (χ1v) is 5.47. The van der Waals surface area contributed by atoms with Gasteiger partial charge in [0, 0.05) is 28.7 Å². The fraction of sp³-hybridized carbons (Fsp3) is 0.385. The van der Waals surface area contributed by atoms with E-state index in [0.717, 1.165) is 12.0 Å². The summed E-state index contributed by atoms with van der Waals surface area (Å²) in [6.07, 6.45) is 3.17. The van der Waals surface area contributed by atoms with Crippen molar-refractivity contribution in [3.05, 3.63) is 36.0 Å². The molecule has 0 spiro atoms. The molecule has 2 heteroatoms. The molecule has 1 N–H and O–H groups in total. The van der Waals surface area contributed by atoms with Crippen molar-refractivity contribution in [2.45, 2.75) is 32.9 Å². The predicted octanol–water partition coefficient (Wildman–Crippen LogP) is 3.10. The lowest BCUT2D eigenvalue weighted by atomic mass is 10.2. The first-order chi connectivity index (χ1) is 7.27. The lowest BCUT2D eigenvalue weighted by Gasteiger charge is -2.12. The van der Waals surface area contributed by atoms with Gasteiger partial charge in [0.2, 0.25) is 0 Å². The third-order valence-electron chi connectivity index (χ3n) is 3.06. The molecule has 0 amide bonds. The average molecular weight is 203 g/mol. The van der Waals surface area contributed by atoms with E-state index in [0.29, 0.717) is 6.04 Å². The van der Waals surface area contributed by atoms with E-state index in [1.165, 1.54) is 10.9 Å². The fourth-order valence-electron chi connectivity index (χ4n) is 1.96. The molecule has 0 saturated carbocycles. The molecule has 0 bridgehead atoms. The minimum absolute atomic E-state index is 0.115. The molecule has 2 nitrogen and oxygen atoms in total. The van der Waals surface area contributed by atoms with E-state index in [1.54, 1.807) is 0 Å². The Morgan fingerprint density at radius 1 is 1.33 bits per heavy atom. The molecule has 0 unspecified atom stereocenters. The summed E-state index contributed by atoms with van der Waals surface area (Å²) >= 11 is 0. The van der Waals surface area contributed by atoms with Gasteiger partial charge in [-0.1, -0.05) is 25.1 Å². The van der Waals surface area contributed by atoms with Crippen LogP contribution in [0.1, 0.15) is 31.9 Å². The summed E-state index contributed by atoms with van der Waals surface area (Å²) in [5.74, 6) is 0. The Morgan fingerprint density at radius 3 is 2.73 bits per heavy atom. The summed E-state index contributed by atoms with van der Waals surface area (Å²) in [6.45, 7) is 4.50. The van der Waals surface area contributed by atoms with Crippen LogP contribution in [0, 0.1) is 0 Å². The first-order valence-electron chi connectivity index (χ1n) is 5.47. The number of rotatable bonds is 3. The monoisotopic (exact) mass is 203 g/mol. The second-order valence-corrected chi connectivity index (χ2v) is 3.99. The van der Waals surface area contributed by atoms with Gasteiger partial charge >= 0.3 is 0 Å². The Bertz CT molecular complexity index is 459. The molecule has 1 aromatic heterocycles. The molecule has 0 aliphatic carbocycles. The molecule has 0 radical (unpaired) electrons. The number of hydrogen-bond acceptors (Lipinski definition) is 1. The number of nitrogens with zero attached hydrogens (tertiary/aromatic N) is 1. The minimum atomic E-state index is 0.115. The van der Waals surface area contributed by atoms with Gasteiger partial charge in [0.25, 0.3) is 0 Å². The molecule has 0 aliphatic rings. The maximum absolute atomic E-state index is 9.29. The van der Waals surface area contributed by atoms with Gasteiger partial charge in [-0.2, -0.15) is 0 Å². The smallest absolute Gasteiger partial charge is 0.0702 e. The predicted molar refractivity (Wildman–Crippen MR) is 62.9 cm³/mol. The number of aliphatic hydroxyl groups excluding tert-OH is 1. The van der Waals surface area contributed by atoms with Crippen molar-refractivity contribution in [1.29, 1.82) is 0 Å². The highest BCUT2D eigenvalue weighted by Crippen LogP contribution is 2.25. The molecular formula is C13H17NO. The van der Waals surface area contributed by atoms with Crippen molar-refractivity contribution < 1.29 is 5.11 Å². The molecule has 15 heavy (non-hydrogen) atoms. The Morgan fingerprint density at radius 2 is 2.07 bits per heavy atom. The SMILES string of the molecule is CC[C@@H](C)n1cc(CO)c2ccccc21. The van der Waals surface area contributed by atoms with E-state index >= 15 is 0 Å². The Hall–Kier alpha value is -1.28. The summed E-state index contributed by atoms with van der Waals surface area (Å²) in [7, 11) is 0. The number of para-hydroxylation sites is 1. The van der Waals surface area contributed by atoms with Crippen LogP contribution in [0.5, 0.6) is 0 Å². The van der Waals surface area contributed by atoms with Crippen molar-refractivity contribution in [2.24, 2.45) is 0 Å². The zero-order chi connectivity index (χ0) is 10.8. The zero-order valence-electron chi connectivity index (χ0n) is 9.27. The molecule has 0 fully saturated rings. The highest BCUT2D eigenvalue weighted by Gasteiger charge is 2.10. The van der Waals surface area contributed by atoms with Gasteiger partial charge in [0.05, 0.1) is 6.61 Å². The maximum atomic E-state index is 9.29. The minimum Gasteiger partial charge on any atom is -0.392 e. The molecule has 1 heterocycles. The largest absolute Gasteiger partial charge is 0.392 e. The standard InChI is InChI=1S/C13H17NO/c1-3-10(2)14-8-11(9-15)12-6-4-5-7-13(12)14/h4-8,10,15H,3,9H2,1-2H3/t10-/m1/s1. The van der Waals surface area contributed by atoms with E-state index in [9.17, 15) is 5.11 Å². The van der Waals surface area contributed by atoms with Crippen molar-refractivity contribution in [1.82, 2.24) is 4.57 Å². The summed E-state index contributed by atoms with van der Waals surface area (Å²) in [6, 6.07) is 8.72. The number of fused-ring (bicyclic) bond motifs is 1. The molecule has 2 rings (SSSR count). The lowest BCUT2D eigenvalue weighted by Crippen LogP contribution is -2.01. The topological polar surface area (TPSA) is 25.2 Å². The number of hydrogen-bond donors (Lipinski definition) is 1. The van der Waals surface area contributed by atoms with Crippen LogP contribution in [0.2, 0.25) is 0 Å². The van der Waals surface area contributed by atoms with Crippen LogP contribution in [0.25, 0.3) is 10.9 Å². The maximum Gasteiger partial charge on any atom is 0.0702 e. The van der Waals surface area contributed by atoms with Gasteiger partial charge in [-0.25, -0.2) is 0 Å². The van der Waals surface area contributed by atoms with E-state index < -0.39 is 0 Å². The molecule has 2 aromatic rings. The van der Waals surface area contributed by atoms with Crippen molar-refractivity contribution in [2.75, 3.05) is 0 Å². The Balaban J connectivity index is 2.65. The summed E-state index contributed by atoms with van der Waals surface area (Å²) < 4.78 is 2.25. The molecule has 0 saturated heterocycles. The first kappa shape index (κ1) is 10.2. The number of aliphatic hydroxyl groups is 1. The van der Waals surface area contributed by atoms with E-state index in [2.05, 4.69) is 36.7 Å². The van der Waals surface area contributed by atoms with Crippen LogP contribution < -0.4 is 0 Å². The summed E-state index contributed by atoms with van der Waals surface area (Å²) in [4.78, 5) is 0. The van der Waals surface area contributed by atoms with Crippen LogP contribution in [0.4, 0.5) is 0 Å². The van der Waals surface area contributed by atoms with E-state index in [4.69, 9.17) is 0 Å². The van der Waals surface area contributed by atoms with Crippen LogP contribution in [-0.2, 0) is 6.61 Å². The molecule has 0 aliphatic heterocycles. The highest BCUT2D eigenvalue weighted by atomic mass is 16.3. The second kappa shape index (κ2) is 4.07. The average Bonchev–Trinajstić information content (AvgIpc) is 2.67. The van der Waals surface area contributed by atoms with Gasteiger partial charge < -0.3 is 9.67 Å². The van der Waals surface area contributed by atoms with Crippen LogP contribution in [0.15, 0.2) is 30.5 Å². The summed E-state index contributed by atoms with van der Waals surface area (Å²) in [5, 5.41) is 10.5. The fourth-order valence-corrected chi connectivity index (χ4v) is 1.96. The lowest BCUT2D eigenvalue weighted by molar-refractivity contribution is 0.283. The van der Waals surface area contributed by atoms with Crippen LogP contribution >= 0.6 is 0 Å². The molecule has 1 aromatic carbocycles. The van der Waals surface area contributed by atoms with Gasteiger partial charge in [0.15, 0.2) is 0 Å². The van der Waals surface area contributed by atoms with Gasteiger partial charge in [0.1, 0.15) is 0 Å².